The van der Waals surface area contributed by atoms with Crippen molar-refractivity contribution in [1.82, 2.24) is 9.97 Å². The molecule has 0 fully saturated rings. The molecule has 0 saturated heterocycles. The fraction of sp³-hybridized carbons (Fsp3) is 0.467. The first kappa shape index (κ1) is 15.1. The maximum Gasteiger partial charge on any atom is 0.0976 e. The lowest BCUT2D eigenvalue weighted by molar-refractivity contribution is 0.0356. The highest BCUT2D eigenvalue weighted by molar-refractivity contribution is 7.09. The van der Waals surface area contributed by atoms with E-state index in [2.05, 4.69) is 16.9 Å². The molecule has 2 atom stereocenters. The fourth-order valence-electron chi connectivity index (χ4n) is 2.08. The van der Waals surface area contributed by atoms with Gasteiger partial charge in [-0.05, 0) is 31.0 Å². The Morgan fingerprint density at radius 1 is 1.35 bits per heavy atom. The first-order valence-electron chi connectivity index (χ1n) is 6.88. The molecule has 0 spiro atoms. The molecule has 0 aromatic carbocycles. The van der Waals surface area contributed by atoms with Gasteiger partial charge < -0.3 is 10.5 Å². The second-order valence-electron chi connectivity index (χ2n) is 4.75. The van der Waals surface area contributed by atoms with Gasteiger partial charge in [0.2, 0.25) is 0 Å². The van der Waals surface area contributed by atoms with Gasteiger partial charge in [-0.3, -0.25) is 4.98 Å². The van der Waals surface area contributed by atoms with Crippen LogP contribution in [0.1, 0.15) is 35.6 Å². The molecule has 108 valence electrons. The Hall–Kier alpha value is -1.30. The quantitative estimate of drug-likeness (QED) is 0.852. The smallest absolute Gasteiger partial charge is 0.0976 e. The summed E-state index contributed by atoms with van der Waals surface area (Å²) in [6, 6.07) is 3.94. The van der Waals surface area contributed by atoms with Crippen molar-refractivity contribution >= 4 is 11.3 Å². The summed E-state index contributed by atoms with van der Waals surface area (Å²) in [5.41, 5.74) is 10.3. The van der Waals surface area contributed by atoms with Crippen LogP contribution in [0.15, 0.2) is 30.0 Å². The highest BCUT2D eigenvalue weighted by Crippen LogP contribution is 2.22. The van der Waals surface area contributed by atoms with Gasteiger partial charge in [0.15, 0.2) is 0 Å². The van der Waals surface area contributed by atoms with Gasteiger partial charge in [-0.15, -0.1) is 11.3 Å². The Morgan fingerprint density at radius 2 is 2.10 bits per heavy atom. The van der Waals surface area contributed by atoms with Crippen LogP contribution >= 0.6 is 11.3 Å². The minimum Gasteiger partial charge on any atom is -0.372 e. The predicted molar refractivity (Wildman–Crippen MR) is 81.8 cm³/mol. The van der Waals surface area contributed by atoms with Crippen molar-refractivity contribution in [1.29, 1.82) is 0 Å². The van der Waals surface area contributed by atoms with Crippen LogP contribution in [0.2, 0.25) is 0 Å². The van der Waals surface area contributed by atoms with E-state index in [1.54, 1.807) is 23.7 Å². The van der Waals surface area contributed by atoms with E-state index in [1.807, 2.05) is 24.6 Å². The Labute approximate surface area is 124 Å². The first-order chi connectivity index (χ1) is 9.72. The van der Waals surface area contributed by atoms with Crippen molar-refractivity contribution in [3.8, 4) is 0 Å². The van der Waals surface area contributed by atoms with Gasteiger partial charge >= 0.3 is 0 Å². The Morgan fingerprint density at radius 3 is 2.70 bits per heavy atom. The molecule has 0 amide bonds. The molecule has 0 saturated carbocycles. The van der Waals surface area contributed by atoms with Gasteiger partial charge in [0.1, 0.15) is 0 Å². The number of hydrogen-bond acceptors (Lipinski definition) is 5. The van der Waals surface area contributed by atoms with Crippen LogP contribution in [0.5, 0.6) is 0 Å². The number of ether oxygens (including phenoxy) is 1. The minimum atomic E-state index is -0.0729. The third-order valence-corrected chi connectivity index (χ3v) is 4.36. The molecule has 20 heavy (non-hydrogen) atoms. The lowest BCUT2D eigenvalue weighted by Gasteiger charge is -2.23. The van der Waals surface area contributed by atoms with Crippen LogP contribution in [0.3, 0.4) is 0 Å². The van der Waals surface area contributed by atoms with Crippen LogP contribution in [0.25, 0.3) is 0 Å². The second-order valence-corrected chi connectivity index (χ2v) is 5.69. The summed E-state index contributed by atoms with van der Waals surface area (Å²) in [6.45, 7) is 4.77. The maximum absolute atomic E-state index is 6.18. The molecule has 4 nitrogen and oxygen atoms in total. The molecule has 2 aromatic heterocycles. The molecule has 0 bridgehead atoms. The average molecular weight is 291 g/mol. The van der Waals surface area contributed by atoms with Gasteiger partial charge in [-0.2, -0.15) is 0 Å². The lowest BCUT2D eigenvalue weighted by atomic mass is 10.0. The first-order valence-corrected chi connectivity index (χ1v) is 7.76. The normalized spacial score (nSPS) is 14.2. The average Bonchev–Trinajstić information content (AvgIpc) is 2.89. The molecule has 0 aliphatic carbocycles. The molecule has 2 aromatic rings. The van der Waals surface area contributed by atoms with Gasteiger partial charge in [0, 0.05) is 29.7 Å². The predicted octanol–water partition coefficient (Wildman–Crippen LogP) is 2.88. The number of nitrogens with two attached hydrogens (primary N) is 1. The van der Waals surface area contributed by atoms with Crippen LogP contribution in [-0.4, -0.2) is 22.6 Å². The van der Waals surface area contributed by atoms with Crippen LogP contribution in [0.4, 0.5) is 0 Å². The summed E-state index contributed by atoms with van der Waals surface area (Å²) >= 11 is 1.68. The maximum atomic E-state index is 6.18. The van der Waals surface area contributed by atoms with Crippen LogP contribution < -0.4 is 5.73 Å². The molecule has 0 radical (unpaired) electrons. The van der Waals surface area contributed by atoms with E-state index in [0.29, 0.717) is 6.61 Å². The van der Waals surface area contributed by atoms with Crippen molar-refractivity contribution in [3.63, 3.8) is 0 Å². The van der Waals surface area contributed by atoms with Gasteiger partial charge in [0.05, 0.1) is 23.9 Å². The van der Waals surface area contributed by atoms with Crippen LogP contribution in [-0.2, 0) is 11.2 Å². The number of aromatic nitrogens is 2. The van der Waals surface area contributed by atoms with E-state index in [9.17, 15) is 0 Å². The van der Waals surface area contributed by atoms with E-state index in [4.69, 9.17) is 10.5 Å². The molecule has 0 aliphatic rings. The zero-order valence-electron chi connectivity index (χ0n) is 12.0. The molecular weight excluding hydrogens is 270 g/mol. The molecule has 0 aliphatic heterocycles. The Balaban J connectivity index is 1.97. The number of nitrogens with zero attached hydrogens (tertiary/aromatic N) is 2. The fourth-order valence-corrected chi connectivity index (χ4v) is 2.84. The van der Waals surface area contributed by atoms with Crippen molar-refractivity contribution < 1.29 is 4.74 Å². The summed E-state index contributed by atoms with van der Waals surface area (Å²) in [5, 5.41) is 0. The summed E-state index contributed by atoms with van der Waals surface area (Å²) in [7, 11) is 0. The highest BCUT2D eigenvalue weighted by atomic mass is 32.1. The Kier molecular flexibility index (Phi) is 5.64. The molecule has 2 rings (SSSR count). The van der Waals surface area contributed by atoms with Gasteiger partial charge in [-0.1, -0.05) is 6.92 Å². The van der Waals surface area contributed by atoms with E-state index in [0.717, 1.165) is 24.1 Å². The number of aryl methyl sites for hydroxylation is 1. The minimum absolute atomic E-state index is 0.0000392. The number of rotatable bonds is 7. The van der Waals surface area contributed by atoms with E-state index in [1.165, 1.54) is 4.88 Å². The number of hydrogen-bond donors (Lipinski definition) is 1. The topological polar surface area (TPSA) is 61.0 Å². The molecule has 5 heteroatoms. The standard InChI is InChI=1S/C15H21N3OS/c1-3-13(16)15(12-4-7-17-8-5-12)19-9-6-14-11(2)18-10-20-14/h4-5,7-8,10,13,15H,3,6,9,16H2,1-2H3. The largest absolute Gasteiger partial charge is 0.372 e. The zero-order valence-corrected chi connectivity index (χ0v) is 12.8. The SMILES string of the molecule is CCC(N)C(OCCc1scnc1C)c1ccncc1. The van der Waals surface area contributed by atoms with Gasteiger partial charge in [0.25, 0.3) is 0 Å². The number of thiazole rings is 1. The van der Waals surface area contributed by atoms with E-state index >= 15 is 0 Å². The molecule has 2 N–H and O–H groups in total. The van der Waals surface area contributed by atoms with Crippen LogP contribution in [0, 0.1) is 6.92 Å². The monoisotopic (exact) mass is 291 g/mol. The Bertz CT molecular complexity index is 515. The van der Waals surface area contributed by atoms with Crippen molar-refractivity contribution in [2.45, 2.75) is 38.8 Å². The summed E-state index contributed by atoms with van der Waals surface area (Å²) < 4.78 is 6.04. The van der Waals surface area contributed by atoms with Crippen molar-refractivity contribution in [2.24, 2.45) is 5.73 Å². The van der Waals surface area contributed by atoms with E-state index < -0.39 is 0 Å². The van der Waals surface area contributed by atoms with Crippen molar-refractivity contribution in [3.05, 3.63) is 46.2 Å². The molecule has 2 unspecified atom stereocenters. The van der Waals surface area contributed by atoms with Gasteiger partial charge in [-0.25, -0.2) is 4.98 Å². The van der Waals surface area contributed by atoms with E-state index in [-0.39, 0.29) is 12.1 Å². The molecule has 2 heterocycles. The third-order valence-electron chi connectivity index (χ3n) is 3.37. The van der Waals surface area contributed by atoms with Crippen molar-refractivity contribution in [2.75, 3.05) is 6.61 Å². The highest BCUT2D eigenvalue weighted by Gasteiger charge is 2.19. The summed E-state index contributed by atoms with van der Waals surface area (Å²) in [4.78, 5) is 9.58. The lowest BCUT2D eigenvalue weighted by Crippen LogP contribution is -2.30. The number of pyridine rings is 1. The second kappa shape index (κ2) is 7.47. The zero-order chi connectivity index (χ0) is 14.4. The summed E-state index contributed by atoms with van der Waals surface area (Å²) in [6.07, 6.45) is 5.25. The summed E-state index contributed by atoms with van der Waals surface area (Å²) in [5.74, 6) is 0. The molecular formula is C15H21N3OS. The third kappa shape index (κ3) is 3.85.